The Morgan fingerprint density at radius 2 is 1.88 bits per heavy atom. The van der Waals surface area contributed by atoms with Crippen LogP contribution in [-0.2, 0) is 9.53 Å². The Bertz CT molecular complexity index is 834. The SMILES string of the molecule is COC(=O)C1(NC(=O)c2cc3ccccc3c(=O)[nH]2)CCCCC1. The van der Waals surface area contributed by atoms with Crippen LogP contribution in [0.5, 0.6) is 0 Å². The van der Waals surface area contributed by atoms with Crippen LogP contribution in [0.15, 0.2) is 35.1 Å². The van der Waals surface area contributed by atoms with E-state index in [1.54, 1.807) is 30.3 Å². The van der Waals surface area contributed by atoms with Crippen LogP contribution in [0.4, 0.5) is 0 Å². The zero-order chi connectivity index (χ0) is 17.2. The Kier molecular flexibility index (Phi) is 4.38. The van der Waals surface area contributed by atoms with E-state index in [0.717, 1.165) is 19.3 Å². The molecular weight excluding hydrogens is 308 g/mol. The summed E-state index contributed by atoms with van der Waals surface area (Å²) in [5, 5.41) is 4.01. The number of pyridine rings is 1. The van der Waals surface area contributed by atoms with Crippen molar-refractivity contribution in [3.05, 3.63) is 46.4 Å². The number of ether oxygens (including phenoxy) is 1. The molecule has 0 bridgehead atoms. The van der Waals surface area contributed by atoms with Crippen molar-refractivity contribution in [1.29, 1.82) is 0 Å². The van der Waals surface area contributed by atoms with Crippen molar-refractivity contribution in [2.45, 2.75) is 37.6 Å². The summed E-state index contributed by atoms with van der Waals surface area (Å²) in [6.07, 6.45) is 3.82. The number of aromatic nitrogens is 1. The number of benzene rings is 1. The van der Waals surface area contributed by atoms with Crippen molar-refractivity contribution in [3.8, 4) is 0 Å². The van der Waals surface area contributed by atoms with E-state index in [2.05, 4.69) is 10.3 Å². The number of fused-ring (bicyclic) bond motifs is 1. The molecule has 1 aromatic carbocycles. The summed E-state index contributed by atoms with van der Waals surface area (Å²) in [6, 6.07) is 8.68. The Morgan fingerprint density at radius 1 is 1.17 bits per heavy atom. The molecule has 1 saturated carbocycles. The van der Waals surface area contributed by atoms with E-state index in [0.29, 0.717) is 23.6 Å². The molecule has 1 aromatic heterocycles. The molecule has 1 amide bonds. The van der Waals surface area contributed by atoms with Gasteiger partial charge in [-0.15, -0.1) is 0 Å². The molecule has 126 valence electrons. The zero-order valence-electron chi connectivity index (χ0n) is 13.6. The first kappa shape index (κ1) is 16.2. The smallest absolute Gasteiger partial charge is 0.331 e. The Hall–Kier alpha value is -2.63. The van der Waals surface area contributed by atoms with E-state index in [-0.39, 0.29) is 11.3 Å². The number of rotatable bonds is 3. The number of hydrogen-bond donors (Lipinski definition) is 2. The Labute approximate surface area is 139 Å². The monoisotopic (exact) mass is 328 g/mol. The maximum absolute atomic E-state index is 12.6. The number of amides is 1. The number of nitrogens with one attached hydrogen (secondary N) is 2. The lowest BCUT2D eigenvalue weighted by atomic mass is 9.81. The molecule has 1 fully saturated rings. The normalized spacial score (nSPS) is 16.5. The van der Waals surface area contributed by atoms with Gasteiger partial charge >= 0.3 is 5.97 Å². The van der Waals surface area contributed by atoms with E-state index in [4.69, 9.17) is 4.74 Å². The first-order valence-electron chi connectivity index (χ1n) is 8.09. The second kappa shape index (κ2) is 6.47. The van der Waals surface area contributed by atoms with Crippen molar-refractivity contribution < 1.29 is 14.3 Å². The number of aromatic amines is 1. The lowest BCUT2D eigenvalue weighted by Gasteiger charge is -2.35. The maximum atomic E-state index is 12.6. The number of hydrogen-bond acceptors (Lipinski definition) is 4. The van der Waals surface area contributed by atoms with Crippen molar-refractivity contribution in [2.75, 3.05) is 7.11 Å². The summed E-state index contributed by atoms with van der Waals surface area (Å²) in [5.74, 6) is -0.899. The van der Waals surface area contributed by atoms with E-state index in [9.17, 15) is 14.4 Å². The minimum atomic E-state index is -1.01. The van der Waals surface area contributed by atoms with Gasteiger partial charge in [-0.2, -0.15) is 0 Å². The van der Waals surface area contributed by atoms with Crippen LogP contribution < -0.4 is 10.9 Å². The summed E-state index contributed by atoms with van der Waals surface area (Å²) < 4.78 is 4.90. The van der Waals surface area contributed by atoms with Crippen LogP contribution in [0.3, 0.4) is 0 Å². The van der Waals surface area contributed by atoms with Gasteiger partial charge < -0.3 is 15.0 Å². The van der Waals surface area contributed by atoms with Crippen LogP contribution in [0.25, 0.3) is 10.8 Å². The molecule has 0 unspecified atom stereocenters. The van der Waals surface area contributed by atoms with Gasteiger partial charge in [0.1, 0.15) is 11.2 Å². The predicted molar refractivity (Wildman–Crippen MR) is 89.9 cm³/mol. The molecule has 0 atom stereocenters. The largest absolute Gasteiger partial charge is 0.467 e. The average Bonchev–Trinajstić information content (AvgIpc) is 2.61. The molecule has 2 aromatic rings. The molecule has 6 nitrogen and oxygen atoms in total. The van der Waals surface area contributed by atoms with E-state index < -0.39 is 17.4 Å². The third-order valence-electron chi connectivity index (χ3n) is 4.63. The van der Waals surface area contributed by atoms with E-state index in [1.165, 1.54) is 7.11 Å². The Morgan fingerprint density at radius 3 is 2.58 bits per heavy atom. The molecule has 2 N–H and O–H groups in total. The molecule has 0 radical (unpaired) electrons. The number of H-pyrrole nitrogens is 1. The quantitative estimate of drug-likeness (QED) is 0.845. The minimum Gasteiger partial charge on any atom is -0.467 e. The van der Waals surface area contributed by atoms with Crippen molar-refractivity contribution >= 4 is 22.6 Å². The van der Waals surface area contributed by atoms with Gasteiger partial charge in [-0.3, -0.25) is 9.59 Å². The molecule has 0 saturated heterocycles. The average molecular weight is 328 g/mol. The molecular formula is C18H20N2O4. The Balaban J connectivity index is 1.93. The third-order valence-corrected chi connectivity index (χ3v) is 4.63. The second-order valence-electron chi connectivity index (χ2n) is 6.19. The van der Waals surface area contributed by atoms with Crippen molar-refractivity contribution in [1.82, 2.24) is 10.3 Å². The first-order valence-corrected chi connectivity index (χ1v) is 8.09. The highest BCUT2D eigenvalue weighted by molar-refractivity contribution is 5.99. The van der Waals surface area contributed by atoms with Crippen molar-refractivity contribution in [2.24, 2.45) is 0 Å². The highest BCUT2D eigenvalue weighted by atomic mass is 16.5. The maximum Gasteiger partial charge on any atom is 0.331 e. The predicted octanol–water partition coefficient (Wildman–Crippen LogP) is 2.13. The summed E-state index contributed by atoms with van der Waals surface area (Å²) >= 11 is 0. The van der Waals surface area contributed by atoms with Crippen LogP contribution in [0, 0.1) is 0 Å². The second-order valence-corrected chi connectivity index (χ2v) is 6.19. The van der Waals surface area contributed by atoms with Gasteiger partial charge in [-0.25, -0.2) is 4.79 Å². The number of methoxy groups -OCH3 is 1. The lowest BCUT2D eigenvalue weighted by Crippen LogP contribution is -2.56. The molecule has 6 heteroatoms. The van der Waals surface area contributed by atoms with Crippen LogP contribution >= 0.6 is 0 Å². The minimum absolute atomic E-state index is 0.146. The number of esters is 1. The number of carbonyl (C=O) groups is 2. The fourth-order valence-electron chi connectivity index (χ4n) is 3.35. The topological polar surface area (TPSA) is 88.3 Å². The highest BCUT2D eigenvalue weighted by Crippen LogP contribution is 2.29. The molecule has 1 heterocycles. The summed E-state index contributed by atoms with van der Waals surface area (Å²) in [4.78, 5) is 39.6. The molecule has 24 heavy (non-hydrogen) atoms. The molecule has 0 aliphatic heterocycles. The lowest BCUT2D eigenvalue weighted by molar-refractivity contribution is -0.149. The van der Waals surface area contributed by atoms with Gasteiger partial charge in [-0.1, -0.05) is 37.5 Å². The highest BCUT2D eigenvalue weighted by Gasteiger charge is 2.42. The fourth-order valence-corrected chi connectivity index (χ4v) is 3.35. The zero-order valence-corrected chi connectivity index (χ0v) is 13.6. The molecule has 3 rings (SSSR count). The van der Waals surface area contributed by atoms with Gasteiger partial charge in [0.25, 0.3) is 11.5 Å². The summed E-state index contributed by atoms with van der Waals surface area (Å²) in [6.45, 7) is 0. The van der Waals surface area contributed by atoms with Gasteiger partial charge in [0.05, 0.1) is 7.11 Å². The summed E-state index contributed by atoms with van der Waals surface area (Å²) in [5.41, 5.74) is -1.19. The first-order chi connectivity index (χ1) is 11.6. The van der Waals surface area contributed by atoms with Crippen molar-refractivity contribution in [3.63, 3.8) is 0 Å². The van der Waals surface area contributed by atoms with Gasteiger partial charge in [0, 0.05) is 5.39 Å². The van der Waals surface area contributed by atoms with Crippen LogP contribution in [0.1, 0.15) is 42.6 Å². The number of carbonyl (C=O) groups excluding carboxylic acids is 2. The summed E-state index contributed by atoms with van der Waals surface area (Å²) in [7, 11) is 1.32. The van der Waals surface area contributed by atoms with Gasteiger partial charge in [0.15, 0.2) is 0 Å². The van der Waals surface area contributed by atoms with Gasteiger partial charge in [0.2, 0.25) is 0 Å². The van der Waals surface area contributed by atoms with E-state index >= 15 is 0 Å². The molecule has 1 aliphatic carbocycles. The third kappa shape index (κ3) is 2.91. The van der Waals surface area contributed by atoms with Gasteiger partial charge in [-0.05, 0) is 30.4 Å². The molecule has 1 aliphatic rings. The standard InChI is InChI=1S/C18H20N2O4/c1-24-17(23)18(9-5-2-6-10-18)20-16(22)14-11-12-7-3-4-8-13(12)15(21)19-14/h3-4,7-8,11H,2,5-6,9-10H2,1H3,(H,19,21)(H,20,22). The van der Waals surface area contributed by atoms with E-state index in [1.807, 2.05) is 0 Å². The van der Waals surface area contributed by atoms with Crippen LogP contribution in [-0.4, -0.2) is 29.5 Å². The van der Waals surface area contributed by atoms with Crippen LogP contribution in [0.2, 0.25) is 0 Å². The molecule has 0 spiro atoms. The fraction of sp³-hybridized carbons (Fsp3) is 0.389.